The minimum absolute atomic E-state index is 0.124. The van der Waals surface area contributed by atoms with E-state index in [2.05, 4.69) is 91.6 Å². The SMILES string of the molecule is CC1(C)c2ccccc2-c2c(-c3ccc(-c4ccccn4)cc3)cc3oc4ccccc4c3c21. The highest BCUT2D eigenvalue weighted by Gasteiger charge is 2.39. The molecule has 1 aliphatic rings. The predicted octanol–water partition coefficient (Wildman–Crippen LogP) is 8.62. The molecule has 0 amide bonds. The van der Waals surface area contributed by atoms with Crippen LogP contribution in [0.2, 0.25) is 0 Å². The van der Waals surface area contributed by atoms with E-state index in [1.165, 1.54) is 44.2 Å². The molecular weight excluding hydrogens is 414 g/mol. The molecule has 2 aromatic heterocycles. The van der Waals surface area contributed by atoms with Gasteiger partial charge in [-0.15, -0.1) is 0 Å². The maximum Gasteiger partial charge on any atom is 0.136 e. The van der Waals surface area contributed by atoms with Crippen LogP contribution in [-0.4, -0.2) is 4.98 Å². The number of aromatic nitrogens is 1. The fourth-order valence-electron chi connectivity index (χ4n) is 5.75. The zero-order valence-corrected chi connectivity index (χ0v) is 19.2. The summed E-state index contributed by atoms with van der Waals surface area (Å²) < 4.78 is 6.42. The molecule has 0 fully saturated rings. The minimum atomic E-state index is -0.124. The van der Waals surface area contributed by atoms with Gasteiger partial charge in [0.1, 0.15) is 11.2 Å². The summed E-state index contributed by atoms with van der Waals surface area (Å²) in [6.45, 7) is 4.68. The van der Waals surface area contributed by atoms with E-state index < -0.39 is 0 Å². The van der Waals surface area contributed by atoms with Gasteiger partial charge in [0.15, 0.2) is 0 Å². The number of nitrogens with zero attached hydrogens (tertiary/aromatic N) is 1. The molecule has 4 aromatic carbocycles. The molecule has 7 rings (SSSR count). The van der Waals surface area contributed by atoms with Crippen molar-refractivity contribution in [3.8, 4) is 33.5 Å². The number of pyridine rings is 1. The summed E-state index contributed by atoms with van der Waals surface area (Å²) in [5.41, 5.74) is 11.6. The van der Waals surface area contributed by atoms with Crippen molar-refractivity contribution < 1.29 is 4.42 Å². The van der Waals surface area contributed by atoms with Crippen LogP contribution in [0.1, 0.15) is 25.0 Å². The third kappa shape index (κ3) is 2.60. The first kappa shape index (κ1) is 19.3. The molecule has 34 heavy (non-hydrogen) atoms. The molecule has 0 saturated carbocycles. The summed E-state index contributed by atoms with van der Waals surface area (Å²) >= 11 is 0. The third-order valence-corrected chi connectivity index (χ3v) is 7.32. The maximum atomic E-state index is 6.42. The summed E-state index contributed by atoms with van der Waals surface area (Å²) in [6, 6.07) is 34.2. The van der Waals surface area contributed by atoms with Crippen LogP contribution in [-0.2, 0) is 5.41 Å². The van der Waals surface area contributed by atoms with Crippen molar-refractivity contribution in [1.82, 2.24) is 4.98 Å². The smallest absolute Gasteiger partial charge is 0.136 e. The van der Waals surface area contributed by atoms with E-state index in [0.717, 1.165) is 22.4 Å². The van der Waals surface area contributed by atoms with E-state index >= 15 is 0 Å². The Bertz CT molecular complexity index is 1710. The van der Waals surface area contributed by atoms with Gasteiger partial charge in [-0.25, -0.2) is 0 Å². The molecule has 0 bridgehead atoms. The van der Waals surface area contributed by atoms with E-state index in [-0.39, 0.29) is 5.41 Å². The first-order valence-corrected chi connectivity index (χ1v) is 11.7. The van der Waals surface area contributed by atoms with Crippen LogP contribution >= 0.6 is 0 Å². The van der Waals surface area contributed by atoms with Crippen molar-refractivity contribution in [2.24, 2.45) is 0 Å². The van der Waals surface area contributed by atoms with Gasteiger partial charge >= 0.3 is 0 Å². The number of rotatable bonds is 2. The summed E-state index contributed by atoms with van der Waals surface area (Å²) in [6.07, 6.45) is 1.84. The number of benzene rings is 4. The van der Waals surface area contributed by atoms with Crippen molar-refractivity contribution in [2.45, 2.75) is 19.3 Å². The fourth-order valence-corrected chi connectivity index (χ4v) is 5.75. The van der Waals surface area contributed by atoms with E-state index in [1.807, 2.05) is 30.5 Å². The number of fused-ring (bicyclic) bond motifs is 7. The quantitative estimate of drug-likeness (QED) is 0.271. The van der Waals surface area contributed by atoms with Gasteiger partial charge in [0.05, 0.1) is 5.69 Å². The van der Waals surface area contributed by atoms with Gasteiger partial charge in [-0.2, -0.15) is 0 Å². The van der Waals surface area contributed by atoms with Crippen LogP contribution in [0.25, 0.3) is 55.4 Å². The number of hydrogen-bond acceptors (Lipinski definition) is 2. The Labute approximate surface area is 198 Å². The van der Waals surface area contributed by atoms with Crippen LogP contribution in [0.5, 0.6) is 0 Å². The molecule has 162 valence electrons. The minimum Gasteiger partial charge on any atom is -0.456 e. The Balaban J connectivity index is 1.55. The van der Waals surface area contributed by atoms with E-state index in [0.29, 0.717) is 0 Å². The van der Waals surface area contributed by atoms with Crippen molar-refractivity contribution in [1.29, 1.82) is 0 Å². The molecule has 2 heterocycles. The number of hydrogen-bond donors (Lipinski definition) is 0. The summed E-state index contributed by atoms with van der Waals surface area (Å²) in [7, 11) is 0. The lowest BCUT2D eigenvalue weighted by Crippen LogP contribution is -2.15. The second kappa shape index (κ2) is 6.91. The molecule has 0 saturated heterocycles. The van der Waals surface area contributed by atoms with Gasteiger partial charge < -0.3 is 4.42 Å². The van der Waals surface area contributed by atoms with Crippen LogP contribution in [0.4, 0.5) is 0 Å². The topological polar surface area (TPSA) is 26.0 Å². The van der Waals surface area contributed by atoms with E-state index in [4.69, 9.17) is 4.42 Å². The summed E-state index contributed by atoms with van der Waals surface area (Å²) in [5, 5.41) is 2.42. The average molecular weight is 438 g/mol. The Morgan fingerprint density at radius 3 is 2.24 bits per heavy atom. The normalized spacial score (nSPS) is 13.8. The molecule has 0 unspecified atom stereocenters. The maximum absolute atomic E-state index is 6.42. The van der Waals surface area contributed by atoms with Gasteiger partial charge in [0.25, 0.3) is 0 Å². The fraction of sp³-hybridized carbons (Fsp3) is 0.0938. The summed E-state index contributed by atoms with van der Waals surface area (Å²) in [5.74, 6) is 0. The van der Waals surface area contributed by atoms with Crippen LogP contribution < -0.4 is 0 Å². The standard InChI is InChI=1S/C32H23NO/c1-32(2)25-11-5-3-9-22(25)29-24(20-14-16-21(17-15-20)26-12-7-8-18-33-26)19-28-30(31(29)32)23-10-4-6-13-27(23)34-28/h3-19H,1-2H3. The second-order valence-electron chi connectivity index (χ2n) is 9.61. The van der Waals surface area contributed by atoms with Gasteiger partial charge in [0.2, 0.25) is 0 Å². The molecule has 0 spiro atoms. The predicted molar refractivity (Wildman–Crippen MR) is 140 cm³/mol. The zero-order valence-electron chi connectivity index (χ0n) is 19.2. The van der Waals surface area contributed by atoms with Crippen LogP contribution in [0.15, 0.2) is 108 Å². The highest BCUT2D eigenvalue weighted by Crippen LogP contribution is 2.56. The van der Waals surface area contributed by atoms with E-state index in [9.17, 15) is 0 Å². The molecule has 6 aromatic rings. The molecule has 1 aliphatic carbocycles. The summed E-state index contributed by atoms with van der Waals surface area (Å²) in [4.78, 5) is 4.51. The Hall–Kier alpha value is -4.17. The Morgan fingerprint density at radius 1 is 0.676 bits per heavy atom. The van der Waals surface area contributed by atoms with Crippen molar-refractivity contribution in [3.63, 3.8) is 0 Å². The highest BCUT2D eigenvalue weighted by atomic mass is 16.3. The first-order chi connectivity index (χ1) is 16.6. The second-order valence-corrected chi connectivity index (χ2v) is 9.61. The Kier molecular flexibility index (Phi) is 3.93. The molecule has 0 N–H and O–H groups in total. The van der Waals surface area contributed by atoms with Crippen LogP contribution in [0.3, 0.4) is 0 Å². The molecular formula is C32H23NO. The van der Waals surface area contributed by atoms with Crippen molar-refractivity contribution >= 4 is 21.9 Å². The molecule has 2 nitrogen and oxygen atoms in total. The Morgan fingerprint density at radius 2 is 1.41 bits per heavy atom. The third-order valence-electron chi connectivity index (χ3n) is 7.32. The lowest BCUT2D eigenvalue weighted by molar-refractivity contribution is 0.657. The average Bonchev–Trinajstić information content (AvgIpc) is 3.37. The van der Waals surface area contributed by atoms with Gasteiger partial charge in [0, 0.05) is 27.9 Å². The molecule has 0 atom stereocenters. The lowest BCUT2D eigenvalue weighted by atomic mass is 9.79. The highest BCUT2D eigenvalue weighted by molar-refractivity contribution is 6.14. The van der Waals surface area contributed by atoms with Crippen LogP contribution in [0, 0.1) is 0 Å². The van der Waals surface area contributed by atoms with Gasteiger partial charge in [-0.05, 0) is 57.6 Å². The van der Waals surface area contributed by atoms with Crippen molar-refractivity contribution in [3.05, 3.63) is 114 Å². The molecule has 0 aliphatic heterocycles. The zero-order chi connectivity index (χ0) is 22.9. The van der Waals surface area contributed by atoms with Crippen molar-refractivity contribution in [2.75, 3.05) is 0 Å². The monoisotopic (exact) mass is 437 g/mol. The number of furan rings is 1. The molecule has 2 heteroatoms. The number of para-hydroxylation sites is 1. The largest absolute Gasteiger partial charge is 0.456 e. The van der Waals surface area contributed by atoms with E-state index in [1.54, 1.807) is 0 Å². The van der Waals surface area contributed by atoms with Gasteiger partial charge in [-0.1, -0.05) is 86.6 Å². The lowest BCUT2D eigenvalue weighted by Gasteiger charge is -2.23. The van der Waals surface area contributed by atoms with Gasteiger partial charge in [-0.3, -0.25) is 4.98 Å². The molecule has 0 radical (unpaired) electrons. The first-order valence-electron chi connectivity index (χ1n) is 11.7.